The standard InChI is InChI=1S/C19H24O3S/c1-14(2)15-6-10-17(11-7-15)23(20,21)18-12-8-16(9-13-18)22-19(3,4)5/h6-14H,1-5H3. The molecule has 0 N–H and O–H groups in total. The van der Waals surface area contributed by atoms with Crippen LogP contribution in [-0.2, 0) is 9.84 Å². The fourth-order valence-electron chi connectivity index (χ4n) is 2.21. The van der Waals surface area contributed by atoms with Crippen LogP contribution in [0.2, 0.25) is 0 Å². The molecule has 2 aromatic rings. The van der Waals surface area contributed by atoms with Crippen molar-refractivity contribution in [2.24, 2.45) is 0 Å². The molecule has 0 saturated carbocycles. The molecule has 0 atom stereocenters. The minimum Gasteiger partial charge on any atom is -0.488 e. The van der Waals surface area contributed by atoms with Crippen LogP contribution in [0.15, 0.2) is 58.3 Å². The molecule has 0 amide bonds. The highest BCUT2D eigenvalue weighted by Gasteiger charge is 2.18. The average molecular weight is 332 g/mol. The van der Waals surface area contributed by atoms with Crippen molar-refractivity contribution in [1.82, 2.24) is 0 Å². The van der Waals surface area contributed by atoms with Gasteiger partial charge in [-0.2, -0.15) is 0 Å². The number of benzene rings is 2. The fraction of sp³-hybridized carbons (Fsp3) is 0.368. The van der Waals surface area contributed by atoms with Crippen molar-refractivity contribution in [2.45, 2.75) is 55.9 Å². The van der Waals surface area contributed by atoms with Crippen LogP contribution in [0.4, 0.5) is 0 Å². The van der Waals surface area contributed by atoms with Gasteiger partial charge in [0.2, 0.25) is 9.84 Å². The highest BCUT2D eigenvalue weighted by molar-refractivity contribution is 7.91. The first-order valence-corrected chi connectivity index (χ1v) is 9.22. The monoisotopic (exact) mass is 332 g/mol. The molecule has 124 valence electrons. The van der Waals surface area contributed by atoms with Gasteiger partial charge in [-0.3, -0.25) is 0 Å². The maximum atomic E-state index is 12.7. The van der Waals surface area contributed by atoms with Gasteiger partial charge in [-0.15, -0.1) is 0 Å². The summed E-state index contributed by atoms with van der Waals surface area (Å²) in [4.78, 5) is 0.586. The molecule has 0 aromatic heterocycles. The summed E-state index contributed by atoms with van der Waals surface area (Å²) in [5, 5.41) is 0. The van der Waals surface area contributed by atoms with Gasteiger partial charge in [-0.1, -0.05) is 26.0 Å². The first kappa shape index (κ1) is 17.5. The molecule has 0 aliphatic rings. The number of rotatable bonds is 4. The van der Waals surface area contributed by atoms with Gasteiger partial charge < -0.3 is 4.74 Å². The summed E-state index contributed by atoms with van der Waals surface area (Å²) in [7, 11) is -3.50. The van der Waals surface area contributed by atoms with Crippen molar-refractivity contribution in [2.75, 3.05) is 0 Å². The second-order valence-corrected chi connectivity index (χ2v) is 8.86. The lowest BCUT2D eigenvalue weighted by Gasteiger charge is -2.21. The van der Waals surface area contributed by atoms with Gasteiger partial charge in [-0.25, -0.2) is 8.42 Å². The van der Waals surface area contributed by atoms with Crippen LogP contribution in [0.25, 0.3) is 0 Å². The van der Waals surface area contributed by atoms with Gasteiger partial charge in [0, 0.05) is 0 Å². The number of hydrogen-bond acceptors (Lipinski definition) is 3. The summed E-state index contributed by atoms with van der Waals surface area (Å²) in [6.45, 7) is 10.0. The molecule has 0 bridgehead atoms. The van der Waals surface area contributed by atoms with Crippen molar-refractivity contribution < 1.29 is 13.2 Å². The molecule has 3 nitrogen and oxygen atoms in total. The predicted molar refractivity (Wildman–Crippen MR) is 92.8 cm³/mol. The Morgan fingerprint density at radius 1 is 0.826 bits per heavy atom. The Bertz CT molecular complexity index is 750. The molecule has 0 fully saturated rings. The lowest BCUT2D eigenvalue weighted by atomic mass is 10.0. The van der Waals surface area contributed by atoms with Crippen molar-refractivity contribution >= 4 is 9.84 Å². The van der Waals surface area contributed by atoms with Gasteiger partial charge in [-0.05, 0) is 68.7 Å². The summed E-state index contributed by atoms with van der Waals surface area (Å²) in [5.74, 6) is 1.03. The molecule has 0 radical (unpaired) electrons. The Kier molecular flexibility index (Phi) is 4.85. The highest BCUT2D eigenvalue weighted by atomic mass is 32.2. The Hall–Kier alpha value is -1.81. The summed E-state index contributed by atoms with van der Waals surface area (Å²) in [6, 6.07) is 13.7. The van der Waals surface area contributed by atoms with Gasteiger partial charge in [0.15, 0.2) is 0 Å². The molecule has 0 spiro atoms. The molecular formula is C19H24O3S. The molecule has 4 heteroatoms. The van der Waals surface area contributed by atoms with E-state index in [1.165, 1.54) is 0 Å². The Morgan fingerprint density at radius 2 is 1.26 bits per heavy atom. The van der Waals surface area contributed by atoms with E-state index in [-0.39, 0.29) is 10.5 Å². The maximum Gasteiger partial charge on any atom is 0.206 e. The minimum absolute atomic E-state index is 0.274. The van der Waals surface area contributed by atoms with Crippen LogP contribution in [0.3, 0.4) is 0 Å². The summed E-state index contributed by atoms with van der Waals surface area (Å²) in [5.41, 5.74) is 0.811. The van der Waals surface area contributed by atoms with Crippen LogP contribution < -0.4 is 4.74 Å². The van der Waals surface area contributed by atoms with E-state index >= 15 is 0 Å². The van der Waals surface area contributed by atoms with Crippen LogP contribution in [-0.4, -0.2) is 14.0 Å². The van der Waals surface area contributed by atoms with E-state index in [0.29, 0.717) is 16.6 Å². The highest BCUT2D eigenvalue weighted by Crippen LogP contribution is 2.26. The Labute approximate surface area is 139 Å². The van der Waals surface area contributed by atoms with Gasteiger partial charge in [0.25, 0.3) is 0 Å². The zero-order chi connectivity index (χ0) is 17.3. The summed E-state index contributed by atoms with van der Waals surface area (Å²) in [6.07, 6.45) is 0. The second-order valence-electron chi connectivity index (χ2n) is 6.91. The molecule has 2 aromatic carbocycles. The largest absolute Gasteiger partial charge is 0.488 e. The van der Waals surface area contributed by atoms with E-state index in [1.807, 2.05) is 32.9 Å². The van der Waals surface area contributed by atoms with Gasteiger partial charge in [0.05, 0.1) is 9.79 Å². The van der Waals surface area contributed by atoms with E-state index in [9.17, 15) is 8.42 Å². The SMILES string of the molecule is CC(C)c1ccc(S(=O)(=O)c2ccc(OC(C)(C)C)cc2)cc1. The Morgan fingerprint density at radius 3 is 1.65 bits per heavy atom. The lowest BCUT2D eigenvalue weighted by Crippen LogP contribution is -2.22. The van der Waals surface area contributed by atoms with Crippen molar-refractivity contribution in [3.63, 3.8) is 0 Å². The molecule has 0 heterocycles. The third-order valence-electron chi connectivity index (χ3n) is 3.42. The molecule has 23 heavy (non-hydrogen) atoms. The normalized spacial score (nSPS) is 12.4. The second kappa shape index (κ2) is 6.36. The molecule has 0 saturated heterocycles. The van der Waals surface area contributed by atoms with E-state index < -0.39 is 9.84 Å². The van der Waals surface area contributed by atoms with Crippen LogP contribution in [0, 0.1) is 0 Å². The van der Waals surface area contributed by atoms with Crippen molar-refractivity contribution in [3.8, 4) is 5.75 Å². The van der Waals surface area contributed by atoms with E-state index in [2.05, 4.69) is 13.8 Å². The minimum atomic E-state index is -3.50. The van der Waals surface area contributed by atoms with Crippen molar-refractivity contribution in [3.05, 3.63) is 54.1 Å². The molecular weight excluding hydrogens is 308 g/mol. The third kappa shape index (κ3) is 4.35. The lowest BCUT2D eigenvalue weighted by molar-refractivity contribution is 0.131. The van der Waals surface area contributed by atoms with Crippen molar-refractivity contribution in [1.29, 1.82) is 0 Å². The smallest absolute Gasteiger partial charge is 0.206 e. The fourth-order valence-corrected chi connectivity index (χ4v) is 3.47. The predicted octanol–water partition coefficient (Wildman–Crippen LogP) is 4.82. The van der Waals surface area contributed by atoms with Crippen LogP contribution >= 0.6 is 0 Å². The summed E-state index contributed by atoms with van der Waals surface area (Å²) < 4.78 is 31.1. The first-order valence-electron chi connectivity index (χ1n) is 7.74. The molecule has 0 unspecified atom stereocenters. The quantitative estimate of drug-likeness (QED) is 0.806. The maximum absolute atomic E-state index is 12.7. The van der Waals surface area contributed by atoms with Gasteiger partial charge in [0.1, 0.15) is 11.4 Å². The zero-order valence-electron chi connectivity index (χ0n) is 14.3. The number of hydrogen-bond donors (Lipinski definition) is 0. The van der Waals surface area contributed by atoms with Crippen LogP contribution in [0.5, 0.6) is 5.75 Å². The van der Waals surface area contributed by atoms with E-state index in [0.717, 1.165) is 5.56 Å². The topological polar surface area (TPSA) is 43.4 Å². The van der Waals surface area contributed by atoms with Crippen LogP contribution in [0.1, 0.15) is 46.1 Å². The van der Waals surface area contributed by atoms with E-state index in [4.69, 9.17) is 4.74 Å². The zero-order valence-corrected chi connectivity index (χ0v) is 15.1. The Balaban J connectivity index is 2.29. The average Bonchev–Trinajstić information content (AvgIpc) is 2.46. The molecule has 2 rings (SSSR count). The summed E-state index contributed by atoms with van der Waals surface area (Å²) >= 11 is 0. The number of sulfone groups is 1. The first-order chi connectivity index (χ1) is 10.6. The molecule has 0 aliphatic carbocycles. The van der Waals surface area contributed by atoms with Gasteiger partial charge >= 0.3 is 0 Å². The van der Waals surface area contributed by atoms with E-state index in [1.54, 1.807) is 36.4 Å². The number of ether oxygens (including phenoxy) is 1. The third-order valence-corrected chi connectivity index (χ3v) is 5.20. The molecule has 0 aliphatic heterocycles.